The average molecular weight is 303 g/mol. The first kappa shape index (κ1) is 14.8. The first-order valence-electron chi connectivity index (χ1n) is 7.62. The smallest absolute Gasteiger partial charge is 0.238 e. The molecule has 0 aromatic heterocycles. The van der Waals surface area contributed by atoms with E-state index in [4.69, 9.17) is 4.74 Å². The summed E-state index contributed by atoms with van der Waals surface area (Å²) in [5, 5.41) is 5.81. The average Bonchev–Trinajstić information content (AvgIpc) is 2.79. The molecule has 0 spiro atoms. The summed E-state index contributed by atoms with van der Waals surface area (Å²) in [6.45, 7) is 0.974. The molecule has 2 unspecified atom stereocenters. The highest BCUT2D eigenvalue weighted by Gasteiger charge is 2.38. The third-order valence-corrected chi connectivity index (χ3v) is 4.43. The fraction of sp³-hybridized carbons (Fsp3) is 0.500. The molecule has 2 atom stereocenters. The third kappa shape index (κ3) is 3.22. The molecule has 2 amide bonds. The number of hydrogen-bond acceptors (Lipinski definition) is 4. The summed E-state index contributed by atoms with van der Waals surface area (Å²) in [7, 11) is 1.61. The molecule has 2 aliphatic rings. The maximum absolute atomic E-state index is 12.3. The Kier molecular flexibility index (Phi) is 4.29. The molecule has 6 heteroatoms. The Morgan fingerprint density at radius 3 is 2.77 bits per heavy atom. The molecular formula is C16H21N3O3. The van der Waals surface area contributed by atoms with Crippen molar-refractivity contribution in [2.45, 2.75) is 31.3 Å². The van der Waals surface area contributed by atoms with Gasteiger partial charge >= 0.3 is 0 Å². The number of hydrogen-bond donors (Lipinski definition) is 2. The molecule has 0 aliphatic carbocycles. The van der Waals surface area contributed by atoms with Crippen molar-refractivity contribution in [1.29, 1.82) is 0 Å². The molecular weight excluding hydrogens is 282 g/mol. The van der Waals surface area contributed by atoms with E-state index in [0.29, 0.717) is 19.5 Å². The van der Waals surface area contributed by atoms with Gasteiger partial charge in [-0.15, -0.1) is 0 Å². The molecule has 1 aromatic rings. The van der Waals surface area contributed by atoms with E-state index in [1.807, 2.05) is 24.3 Å². The minimum atomic E-state index is -0.0450. The van der Waals surface area contributed by atoms with Gasteiger partial charge < -0.3 is 15.4 Å². The summed E-state index contributed by atoms with van der Waals surface area (Å²) in [6.07, 6.45) is 2.53. The highest BCUT2D eigenvalue weighted by Crippen LogP contribution is 2.28. The molecule has 0 radical (unpaired) electrons. The monoisotopic (exact) mass is 303 g/mol. The van der Waals surface area contributed by atoms with Crippen molar-refractivity contribution in [3.05, 3.63) is 24.3 Å². The minimum Gasteiger partial charge on any atom is -0.497 e. The predicted octanol–water partition coefficient (Wildman–Crippen LogP) is 0.987. The Balaban J connectivity index is 1.60. The largest absolute Gasteiger partial charge is 0.497 e. The van der Waals surface area contributed by atoms with Crippen molar-refractivity contribution in [3.8, 4) is 5.75 Å². The predicted molar refractivity (Wildman–Crippen MR) is 82.8 cm³/mol. The molecule has 118 valence electrons. The second-order valence-corrected chi connectivity index (χ2v) is 5.84. The van der Waals surface area contributed by atoms with Crippen LogP contribution >= 0.6 is 0 Å². The van der Waals surface area contributed by atoms with Gasteiger partial charge in [-0.3, -0.25) is 14.5 Å². The Hall–Kier alpha value is -2.08. The normalized spacial score (nSPS) is 24.5. The maximum atomic E-state index is 12.3. The summed E-state index contributed by atoms with van der Waals surface area (Å²) in [5.41, 5.74) is 0.752. The molecule has 22 heavy (non-hydrogen) atoms. The van der Waals surface area contributed by atoms with Crippen molar-refractivity contribution in [1.82, 2.24) is 10.2 Å². The van der Waals surface area contributed by atoms with Crippen LogP contribution in [-0.2, 0) is 9.59 Å². The number of amides is 2. The zero-order valence-electron chi connectivity index (χ0n) is 12.7. The summed E-state index contributed by atoms with van der Waals surface area (Å²) in [5.74, 6) is 0.803. The summed E-state index contributed by atoms with van der Waals surface area (Å²) in [4.78, 5) is 26.0. The van der Waals surface area contributed by atoms with E-state index in [2.05, 4.69) is 15.5 Å². The van der Waals surface area contributed by atoms with Gasteiger partial charge in [-0.1, -0.05) is 0 Å². The molecule has 2 aliphatic heterocycles. The Morgan fingerprint density at radius 2 is 2.05 bits per heavy atom. The molecule has 1 aromatic carbocycles. The number of carbonyl (C=O) groups is 2. The SMILES string of the molecule is COc1ccc(NC(=O)CN2C3CCC2CC(=O)NC3)cc1. The number of nitrogens with zero attached hydrogens (tertiary/aromatic N) is 1. The molecule has 6 nitrogen and oxygen atoms in total. The number of methoxy groups -OCH3 is 1. The van der Waals surface area contributed by atoms with Crippen LogP contribution in [0.15, 0.2) is 24.3 Å². The van der Waals surface area contributed by atoms with Crippen LogP contribution in [0, 0.1) is 0 Å². The molecule has 2 bridgehead atoms. The fourth-order valence-electron chi connectivity index (χ4n) is 3.27. The molecule has 0 saturated carbocycles. The first-order chi connectivity index (χ1) is 10.7. The van der Waals surface area contributed by atoms with Crippen molar-refractivity contribution in [2.75, 3.05) is 25.5 Å². The van der Waals surface area contributed by atoms with E-state index in [9.17, 15) is 9.59 Å². The van der Waals surface area contributed by atoms with Crippen LogP contribution in [-0.4, -0.2) is 49.0 Å². The third-order valence-electron chi connectivity index (χ3n) is 4.43. The number of fused-ring (bicyclic) bond motifs is 2. The van der Waals surface area contributed by atoms with Gasteiger partial charge in [-0.05, 0) is 37.1 Å². The number of carbonyl (C=O) groups excluding carboxylic acids is 2. The number of anilines is 1. The topological polar surface area (TPSA) is 70.7 Å². The van der Waals surface area contributed by atoms with Crippen molar-refractivity contribution in [2.24, 2.45) is 0 Å². The van der Waals surface area contributed by atoms with E-state index in [1.54, 1.807) is 7.11 Å². The van der Waals surface area contributed by atoms with Crippen LogP contribution in [0.1, 0.15) is 19.3 Å². The summed E-state index contributed by atoms with van der Waals surface area (Å²) >= 11 is 0. The number of ether oxygens (including phenoxy) is 1. The molecule has 2 N–H and O–H groups in total. The van der Waals surface area contributed by atoms with Gasteiger partial charge in [-0.25, -0.2) is 0 Å². The van der Waals surface area contributed by atoms with E-state index in [-0.39, 0.29) is 23.9 Å². The lowest BCUT2D eigenvalue weighted by Gasteiger charge is -2.26. The quantitative estimate of drug-likeness (QED) is 0.870. The number of nitrogens with one attached hydrogen (secondary N) is 2. The highest BCUT2D eigenvalue weighted by molar-refractivity contribution is 5.92. The minimum absolute atomic E-state index is 0.0450. The number of rotatable bonds is 4. The highest BCUT2D eigenvalue weighted by atomic mass is 16.5. The van der Waals surface area contributed by atoms with E-state index in [1.165, 1.54) is 0 Å². The summed E-state index contributed by atoms with van der Waals surface area (Å²) in [6, 6.07) is 7.73. The van der Waals surface area contributed by atoms with Gasteiger partial charge in [0.15, 0.2) is 0 Å². The molecule has 2 heterocycles. The van der Waals surface area contributed by atoms with Gasteiger partial charge in [0.25, 0.3) is 0 Å². The van der Waals surface area contributed by atoms with Gasteiger partial charge in [-0.2, -0.15) is 0 Å². The molecule has 3 rings (SSSR count). The zero-order chi connectivity index (χ0) is 15.5. The van der Waals surface area contributed by atoms with Crippen LogP contribution in [0.2, 0.25) is 0 Å². The van der Waals surface area contributed by atoms with Crippen molar-refractivity contribution in [3.63, 3.8) is 0 Å². The van der Waals surface area contributed by atoms with Crippen molar-refractivity contribution >= 4 is 17.5 Å². The lowest BCUT2D eigenvalue weighted by Crippen LogP contribution is -2.42. The zero-order valence-corrected chi connectivity index (χ0v) is 12.7. The van der Waals surface area contributed by atoms with E-state index < -0.39 is 0 Å². The van der Waals surface area contributed by atoms with Crippen LogP contribution in [0.3, 0.4) is 0 Å². The van der Waals surface area contributed by atoms with Gasteiger partial charge in [0.2, 0.25) is 11.8 Å². The lowest BCUT2D eigenvalue weighted by molar-refractivity contribution is -0.122. The summed E-state index contributed by atoms with van der Waals surface area (Å²) < 4.78 is 5.10. The Bertz CT molecular complexity index is 558. The number of benzene rings is 1. The van der Waals surface area contributed by atoms with E-state index >= 15 is 0 Å². The Labute approximate surface area is 129 Å². The fourth-order valence-corrected chi connectivity index (χ4v) is 3.27. The standard InChI is InChI=1S/C16H21N3O3/c1-22-14-6-2-11(3-7-14)18-16(21)10-19-12-4-5-13(19)9-17-15(20)8-12/h2-3,6-7,12-13H,4-5,8-10H2,1H3,(H,17,20)(H,18,21). The molecule has 2 saturated heterocycles. The van der Waals surface area contributed by atoms with Crippen LogP contribution in [0.5, 0.6) is 5.75 Å². The van der Waals surface area contributed by atoms with Gasteiger partial charge in [0.05, 0.1) is 13.7 Å². The Morgan fingerprint density at radius 1 is 1.32 bits per heavy atom. The van der Waals surface area contributed by atoms with Gasteiger partial charge in [0, 0.05) is 30.7 Å². The first-order valence-corrected chi connectivity index (χ1v) is 7.62. The van der Waals surface area contributed by atoms with E-state index in [0.717, 1.165) is 24.3 Å². The lowest BCUT2D eigenvalue weighted by atomic mass is 10.1. The van der Waals surface area contributed by atoms with Gasteiger partial charge in [0.1, 0.15) is 5.75 Å². The van der Waals surface area contributed by atoms with Crippen LogP contribution in [0.25, 0.3) is 0 Å². The maximum Gasteiger partial charge on any atom is 0.238 e. The van der Waals surface area contributed by atoms with Crippen LogP contribution in [0.4, 0.5) is 5.69 Å². The second-order valence-electron chi connectivity index (χ2n) is 5.84. The van der Waals surface area contributed by atoms with Crippen molar-refractivity contribution < 1.29 is 14.3 Å². The molecule has 2 fully saturated rings. The second kappa shape index (κ2) is 6.36. The van der Waals surface area contributed by atoms with Crippen LogP contribution < -0.4 is 15.4 Å².